The van der Waals surface area contributed by atoms with E-state index in [2.05, 4.69) is 16.1 Å². The third-order valence-electron chi connectivity index (χ3n) is 5.08. The molecule has 0 bridgehead atoms. The lowest BCUT2D eigenvalue weighted by molar-refractivity contribution is -0.144. The highest BCUT2D eigenvalue weighted by Gasteiger charge is 2.28. The van der Waals surface area contributed by atoms with Gasteiger partial charge in [-0.25, -0.2) is 9.59 Å². The Kier molecular flexibility index (Phi) is 7.26. The number of carbonyl (C=O) groups is 3. The summed E-state index contributed by atoms with van der Waals surface area (Å²) in [6, 6.07) is 12.0. The second kappa shape index (κ2) is 10.1. The normalized spacial score (nSPS) is 13.5. The van der Waals surface area contributed by atoms with Crippen molar-refractivity contribution in [1.82, 2.24) is 4.90 Å². The number of amides is 2. The molecule has 2 heterocycles. The Balaban J connectivity index is 1.66. The summed E-state index contributed by atoms with van der Waals surface area (Å²) in [5, 5.41) is 13.0. The molecule has 1 aromatic carbocycles. The first-order chi connectivity index (χ1) is 14.9. The molecular weight excluding hydrogens is 418 g/mol. The van der Waals surface area contributed by atoms with Crippen LogP contribution in [0.2, 0.25) is 0 Å². The predicted octanol–water partition coefficient (Wildman–Crippen LogP) is 3.42. The number of fused-ring (bicyclic) bond motifs is 1. The summed E-state index contributed by atoms with van der Waals surface area (Å²) in [5.41, 5.74) is 2.36. The Morgan fingerprint density at radius 1 is 1.29 bits per heavy atom. The summed E-state index contributed by atoms with van der Waals surface area (Å²) in [5.74, 6) is -0.758. The monoisotopic (exact) mass is 441 g/mol. The van der Waals surface area contributed by atoms with Crippen molar-refractivity contribution in [2.24, 2.45) is 0 Å². The van der Waals surface area contributed by atoms with Crippen LogP contribution in [0.5, 0.6) is 0 Å². The highest BCUT2D eigenvalue weighted by molar-refractivity contribution is 7.16. The maximum atomic E-state index is 12.6. The molecule has 1 atom stereocenters. The van der Waals surface area contributed by atoms with Crippen LogP contribution < -0.4 is 5.32 Å². The lowest BCUT2D eigenvalue weighted by Crippen LogP contribution is -2.36. The number of carbonyl (C=O) groups excluding carboxylic acids is 3. The Morgan fingerprint density at radius 3 is 2.71 bits per heavy atom. The fourth-order valence-electron chi connectivity index (χ4n) is 3.39. The van der Waals surface area contributed by atoms with Crippen molar-refractivity contribution < 1.29 is 23.9 Å². The van der Waals surface area contributed by atoms with Gasteiger partial charge in [0, 0.05) is 17.8 Å². The second-order valence-corrected chi connectivity index (χ2v) is 8.29. The number of hydrogen-bond acceptors (Lipinski definition) is 7. The van der Waals surface area contributed by atoms with E-state index < -0.39 is 18.7 Å². The number of nitrogens with zero attached hydrogens (tertiary/aromatic N) is 2. The lowest BCUT2D eigenvalue weighted by atomic mass is 9.97. The largest absolute Gasteiger partial charge is 0.466 e. The number of anilines is 1. The minimum atomic E-state index is -0.635. The quantitative estimate of drug-likeness (QED) is 0.688. The SMILES string of the molecule is COC(=O)COC(=O)N1CCc2c(sc(NC(=O)C[C@H](C)c3ccccc3)c2C#N)C1. The zero-order chi connectivity index (χ0) is 22.4. The molecule has 0 radical (unpaired) electrons. The molecule has 0 saturated carbocycles. The van der Waals surface area contributed by atoms with E-state index in [1.165, 1.54) is 23.3 Å². The first-order valence-electron chi connectivity index (χ1n) is 9.80. The topological polar surface area (TPSA) is 109 Å². The van der Waals surface area contributed by atoms with E-state index in [4.69, 9.17) is 4.74 Å². The first-order valence-corrected chi connectivity index (χ1v) is 10.6. The first kappa shape index (κ1) is 22.3. The van der Waals surface area contributed by atoms with Crippen LogP contribution in [-0.2, 0) is 32.0 Å². The molecule has 1 aromatic heterocycles. The van der Waals surface area contributed by atoms with Gasteiger partial charge in [0.2, 0.25) is 5.91 Å². The molecule has 3 rings (SSSR count). The van der Waals surface area contributed by atoms with Crippen LogP contribution in [0.3, 0.4) is 0 Å². The van der Waals surface area contributed by atoms with Gasteiger partial charge in [-0.2, -0.15) is 5.26 Å². The number of nitriles is 1. The van der Waals surface area contributed by atoms with Crippen molar-refractivity contribution in [2.45, 2.75) is 32.2 Å². The highest BCUT2D eigenvalue weighted by Crippen LogP contribution is 2.37. The van der Waals surface area contributed by atoms with Gasteiger partial charge >= 0.3 is 12.1 Å². The highest BCUT2D eigenvalue weighted by atomic mass is 32.1. The average Bonchev–Trinajstić information content (AvgIpc) is 3.13. The summed E-state index contributed by atoms with van der Waals surface area (Å²) in [6.45, 7) is 2.15. The minimum absolute atomic E-state index is 0.0430. The molecule has 1 aliphatic heterocycles. The molecule has 2 amide bonds. The molecule has 1 aliphatic rings. The van der Waals surface area contributed by atoms with Gasteiger partial charge in [0.05, 0.1) is 19.2 Å². The lowest BCUT2D eigenvalue weighted by Gasteiger charge is -2.25. The zero-order valence-corrected chi connectivity index (χ0v) is 18.2. The average molecular weight is 442 g/mol. The maximum Gasteiger partial charge on any atom is 0.410 e. The number of methoxy groups -OCH3 is 1. The molecule has 9 heteroatoms. The standard InChI is InChI=1S/C22H23N3O5S/c1-14(15-6-4-3-5-7-15)10-19(26)24-21-17(11-23)16-8-9-25(12-18(16)31-21)22(28)30-13-20(27)29-2/h3-7,14H,8-10,12-13H2,1-2H3,(H,24,26)/t14-/m0/s1. The van der Waals surface area contributed by atoms with Crippen LogP contribution >= 0.6 is 11.3 Å². The molecule has 8 nitrogen and oxygen atoms in total. The zero-order valence-electron chi connectivity index (χ0n) is 17.3. The summed E-state index contributed by atoms with van der Waals surface area (Å²) in [6.07, 6.45) is 0.145. The Bertz CT molecular complexity index is 1010. The fourth-order valence-corrected chi connectivity index (χ4v) is 4.62. The van der Waals surface area contributed by atoms with Gasteiger partial charge in [-0.3, -0.25) is 4.79 Å². The van der Waals surface area contributed by atoms with Crippen molar-refractivity contribution in [3.8, 4) is 6.07 Å². The van der Waals surface area contributed by atoms with Crippen molar-refractivity contribution in [3.63, 3.8) is 0 Å². The van der Waals surface area contributed by atoms with E-state index in [1.807, 2.05) is 37.3 Å². The number of esters is 1. The number of ether oxygens (including phenoxy) is 2. The third kappa shape index (κ3) is 5.41. The number of benzene rings is 1. The number of hydrogen-bond donors (Lipinski definition) is 1. The summed E-state index contributed by atoms with van der Waals surface area (Å²) < 4.78 is 9.41. The Hall–Kier alpha value is -3.38. The van der Waals surface area contributed by atoms with Crippen LogP contribution in [-0.4, -0.2) is 43.1 Å². The van der Waals surface area contributed by atoms with Gasteiger partial charge in [-0.1, -0.05) is 37.3 Å². The van der Waals surface area contributed by atoms with E-state index in [-0.39, 0.29) is 18.4 Å². The second-order valence-electron chi connectivity index (χ2n) is 7.19. The van der Waals surface area contributed by atoms with Gasteiger partial charge in [0.25, 0.3) is 0 Å². The van der Waals surface area contributed by atoms with E-state index >= 15 is 0 Å². The molecule has 0 spiro atoms. The molecule has 1 N–H and O–H groups in total. The Labute approximate surface area is 184 Å². The molecule has 2 aromatic rings. The van der Waals surface area contributed by atoms with Crippen LogP contribution in [0.25, 0.3) is 0 Å². The summed E-state index contributed by atoms with van der Waals surface area (Å²) in [7, 11) is 1.22. The summed E-state index contributed by atoms with van der Waals surface area (Å²) in [4.78, 5) is 38.2. The minimum Gasteiger partial charge on any atom is -0.466 e. The van der Waals surface area contributed by atoms with Crippen LogP contribution in [0.1, 0.15) is 40.8 Å². The molecule has 162 valence electrons. The summed E-state index contributed by atoms with van der Waals surface area (Å²) >= 11 is 1.29. The molecule has 0 aliphatic carbocycles. The molecular formula is C22H23N3O5S. The van der Waals surface area contributed by atoms with Gasteiger partial charge in [0.1, 0.15) is 11.1 Å². The van der Waals surface area contributed by atoms with Crippen LogP contribution in [0.15, 0.2) is 30.3 Å². The van der Waals surface area contributed by atoms with Crippen LogP contribution in [0, 0.1) is 11.3 Å². The van der Waals surface area contributed by atoms with Gasteiger partial charge in [0.15, 0.2) is 6.61 Å². The number of thiophene rings is 1. The van der Waals surface area contributed by atoms with Crippen molar-refractivity contribution in [1.29, 1.82) is 5.26 Å². The van der Waals surface area contributed by atoms with E-state index in [9.17, 15) is 19.6 Å². The number of nitrogens with one attached hydrogen (secondary N) is 1. The fraction of sp³-hybridized carbons (Fsp3) is 0.364. The number of rotatable bonds is 6. The smallest absolute Gasteiger partial charge is 0.410 e. The van der Waals surface area contributed by atoms with Gasteiger partial charge in [-0.05, 0) is 23.5 Å². The van der Waals surface area contributed by atoms with E-state index in [1.54, 1.807) is 0 Å². The predicted molar refractivity (Wildman–Crippen MR) is 115 cm³/mol. The van der Waals surface area contributed by atoms with Gasteiger partial charge in [-0.15, -0.1) is 11.3 Å². The molecule has 0 unspecified atom stereocenters. The molecule has 31 heavy (non-hydrogen) atoms. The Morgan fingerprint density at radius 2 is 2.03 bits per heavy atom. The van der Waals surface area contributed by atoms with Crippen molar-refractivity contribution in [3.05, 3.63) is 51.9 Å². The molecule has 0 saturated heterocycles. The van der Waals surface area contributed by atoms with Crippen molar-refractivity contribution in [2.75, 3.05) is 25.6 Å². The van der Waals surface area contributed by atoms with E-state index in [0.29, 0.717) is 30.0 Å². The maximum absolute atomic E-state index is 12.6. The van der Waals surface area contributed by atoms with E-state index in [0.717, 1.165) is 16.0 Å². The third-order valence-corrected chi connectivity index (χ3v) is 6.21. The van der Waals surface area contributed by atoms with Crippen LogP contribution in [0.4, 0.5) is 9.80 Å². The van der Waals surface area contributed by atoms with Gasteiger partial charge < -0.3 is 19.7 Å². The van der Waals surface area contributed by atoms with Crippen molar-refractivity contribution >= 4 is 34.3 Å². The molecule has 0 fully saturated rings.